The van der Waals surface area contributed by atoms with Crippen molar-refractivity contribution in [2.24, 2.45) is 0 Å². The van der Waals surface area contributed by atoms with Crippen molar-refractivity contribution in [1.29, 1.82) is 0 Å². The average Bonchev–Trinajstić information content (AvgIpc) is 2.67. The molecule has 1 heterocycles. The van der Waals surface area contributed by atoms with Gasteiger partial charge in [-0.05, 0) is 33.7 Å². The van der Waals surface area contributed by atoms with Gasteiger partial charge in [-0.15, -0.1) is 0 Å². The van der Waals surface area contributed by atoms with Crippen molar-refractivity contribution >= 4 is 0 Å². The van der Waals surface area contributed by atoms with E-state index in [0.29, 0.717) is 12.0 Å². The molecule has 1 N–H and O–H groups in total. The van der Waals surface area contributed by atoms with Crippen molar-refractivity contribution in [2.45, 2.75) is 38.6 Å². The molecule has 3 nitrogen and oxygen atoms in total. The van der Waals surface area contributed by atoms with Crippen LogP contribution in [0.4, 0.5) is 0 Å². The van der Waals surface area contributed by atoms with Crippen LogP contribution in [0.15, 0.2) is 6.33 Å². The molecule has 1 aromatic heterocycles. The summed E-state index contributed by atoms with van der Waals surface area (Å²) >= 11 is 0. The standard InChI is InChI=1S/C11H19N3/c1-8(2)14-7-13-11-9(6-12-3)4-5-10(11)14/h7-9,12H,4-6H2,1-3H3. The zero-order valence-corrected chi connectivity index (χ0v) is 9.25. The van der Waals surface area contributed by atoms with E-state index in [4.69, 9.17) is 0 Å². The second-order valence-corrected chi connectivity index (χ2v) is 4.37. The lowest BCUT2D eigenvalue weighted by Crippen LogP contribution is -2.15. The normalized spacial score (nSPS) is 20.4. The van der Waals surface area contributed by atoms with Crippen LogP contribution in [0.2, 0.25) is 0 Å². The van der Waals surface area contributed by atoms with E-state index in [2.05, 4.69) is 28.7 Å². The molecular formula is C11H19N3. The third-order valence-electron chi connectivity index (χ3n) is 3.05. The van der Waals surface area contributed by atoms with E-state index in [9.17, 15) is 0 Å². The SMILES string of the molecule is CNCC1CCc2c1ncn2C(C)C. The molecule has 1 aliphatic rings. The fourth-order valence-electron chi connectivity index (χ4n) is 2.34. The summed E-state index contributed by atoms with van der Waals surface area (Å²) in [6, 6.07) is 0.541. The molecule has 1 aliphatic carbocycles. The van der Waals surface area contributed by atoms with E-state index in [-0.39, 0.29) is 0 Å². The highest BCUT2D eigenvalue weighted by Crippen LogP contribution is 2.32. The minimum absolute atomic E-state index is 0.541. The van der Waals surface area contributed by atoms with Crippen LogP contribution in [0.3, 0.4) is 0 Å². The van der Waals surface area contributed by atoms with E-state index in [1.807, 2.05) is 13.4 Å². The van der Waals surface area contributed by atoms with Gasteiger partial charge in [0.25, 0.3) is 0 Å². The number of hydrogen-bond acceptors (Lipinski definition) is 2. The Balaban J connectivity index is 2.25. The van der Waals surface area contributed by atoms with Gasteiger partial charge in [0.1, 0.15) is 0 Å². The van der Waals surface area contributed by atoms with Crippen LogP contribution in [-0.4, -0.2) is 23.1 Å². The molecule has 3 heteroatoms. The molecule has 0 amide bonds. The van der Waals surface area contributed by atoms with E-state index in [0.717, 1.165) is 6.54 Å². The summed E-state index contributed by atoms with van der Waals surface area (Å²) in [6.07, 6.45) is 4.45. The first-order valence-corrected chi connectivity index (χ1v) is 5.44. The van der Waals surface area contributed by atoms with E-state index < -0.39 is 0 Å². The molecule has 2 rings (SSSR count). The fourth-order valence-corrected chi connectivity index (χ4v) is 2.34. The lowest BCUT2D eigenvalue weighted by atomic mass is 10.1. The van der Waals surface area contributed by atoms with Gasteiger partial charge in [-0.2, -0.15) is 0 Å². The average molecular weight is 193 g/mol. The Hall–Kier alpha value is -0.830. The van der Waals surface area contributed by atoms with Gasteiger partial charge < -0.3 is 9.88 Å². The molecule has 0 saturated heterocycles. The third-order valence-corrected chi connectivity index (χ3v) is 3.05. The van der Waals surface area contributed by atoms with Gasteiger partial charge in [0.2, 0.25) is 0 Å². The van der Waals surface area contributed by atoms with Gasteiger partial charge in [0.15, 0.2) is 0 Å². The number of fused-ring (bicyclic) bond motifs is 1. The summed E-state index contributed by atoms with van der Waals surface area (Å²) in [5.41, 5.74) is 2.79. The van der Waals surface area contributed by atoms with Gasteiger partial charge in [-0.3, -0.25) is 0 Å². The Morgan fingerprint density at radius 2 is 2.43 bits per heavy atom. The summed E-state index contributed by atoms with van der Waals surface area (Å²) in [6.45, 7) is 5.49. The Morgan fingerprint density at radius 1 is 1.64 bits per heavy atom. The molecule has 78 valence electrons. The predicted molar refractivity (Wildman–Crippen MR) is 57.6 cm³/mol. The van der Waals surface area contributed by atoms with Crippen LogP contribution in [0.25, 0.3) is 0 Å². The maximum absolute atomic E-state index is 4.54. The van der Waals surface area contributed by atoms with Crippen molar-refractivity contribution in [3.63, 3.8) is 0 Å². The minimum Gasteiger partial charge on any atom is -0.332 e. The van der Waals surface area contributed by atoms with Crippen LogP contribution in [0.5, 0.6) is 0 Å². The second-order valence-electron chi connectivity index (χ2n) is 4.37. The number of nitrogens with one attached hydrogen (secondary N) is 1. The Morgan fingerprint density at radius 3 is 3.07 bits per heavy atom. The fraction of sp³-hybridized carbons (Fsp3) is 0.727. The van der Waals surface area contributed by atoms with Gasteiger partial charge in [0.05, 0.1) is 12.0 Å². The lowest BCUT2D eigenvalue weighted by molar-refractivity contribution is 0.565. The topological polar surface area (TPSA) is 29.9 Å². The summed E-state index contributed by atoms with van der Waals surface area (Å²) in [5.74, 6) is 0.634. The van der Waals surface area contributed by atoms with Gasteiger partial charge in [-0.25, -0.2) is 4.98 Å². The molecule has 0 spiro atoms. The first-order chi connectivity index (χ1) is 6.74. The Bertz CT molecular complexity index is 314. The Labute approximate surface area is 85.5 Å². The van der Waals surface area contributed by atoms with Crippen LogP contribution < -0.4 is 5.32 Å². The molecule has 14 heavy (non-hydrogen) atoms. The van der Waals surface area contributed by atoms with Crippen molar-refractivity contribution in [3.05, 3.63) is 17.7 Å². The van der Waals surface area contributed by atoms with Crippen LogP contribution in [-0.2, 0) is 6.42 Å². The zero-order valence-electron chi connectivity index (χ0n) is 9.25. The minimum atomic E-state index is 0.541. The summed E-state index contributed by atoms with van der Waals surface area (Å²) in [4.78, 5) is 4.54. The molecule has 0 fully saturated rings. The number of hydrogen-bond donors (Lipinski definition) is 1. The highest BCUT2D eigenvalue weighted by molar-refractivity contribution is 5.24. The van der Waals surface area contributed by atoms with E-state index in [1.54, 1.807) is 0 Å². The quantitative estimate of drug-likeness (QED) is 0.792. The highest BCUT2D eigenvalue weighted by Gasteiger charge is 2.27. The number of aromatic nitrogens is 2. The molecule has 0 aliphatic heterocycles. The van der Waals surface area contributed by atoms with Crippen molar-refractivity contribution < 1.29 is 0 Å². The summed E-state index contributed by atoms with van der Waals surface area (Å²) in [7, 11) is 2.01. The first-order valence-electron chi connectivity index (χ1n) is 5.44. The van der Waals surface area contributed by atoms with Gasteiger partial charge in [0, 0.05) is 24.2 Å². The van der Waals surface area contributed by atoms with Crippen molar-refractivity contribution in [1.82, 2.24) is 14.9 Å². The van der Waals surface area contributed by atoms with E-state index >= 15 is 0 Å². The largest absolute Gasteiger partial charge is 0.332 e. The molecule has 0 aromatic carbocycles. The van der Waals surface area contributed by atoms with Crippen LogP contribution in [0.1, 0.15) is 43.6 Å². The molecule has 1 unspecified atom stereocenters. The molecule has 1 atom stereocenters. The highest BCUT2D eigenvalue weighted by atomic mass is 15.1. The van der Waals surface area contributed by atoms with Gasteiger partial charge >= 0.3 is 0 Å². The molecule has 0 radical (unpaired) electrons. The molecule has 0 bridgehead atoms. The van der Waals surface area contributed by atoms with Crippen molar-refractivity contribution in [2.75, 3.05) is 13.6 Å². The first kappa shape index (κ1) is 9.71. The zero-order chi connectivity index (χ0) is 10.1. The summed E-state index contributed by atoms with van der Waals surface area (Å²) in [5, 5.41) is 3.24. The number of nitrogens with zero attached hydrogens (tertiary/aromatic N) is 2. The molecule has 1 aromatic rings. The third kappa shape index (κ3) is 1.46. The van der Waals surface area contributed by atoms with Crippen LogP contribution >= 0.6 is 0 Å². The maximum atomic E-state index is 4.54. The van der Waals surface area contributed by atoms with Crippen molar-refractivity contribution in [3.8, 4) is 0 Å². The number of rotatable bonds is 3. The Kier molecular flexibility index (Phi) is 2.59. The monoisotopic (exact) mass is 193 g/mol. The number of likely N-dealkylation sites (N-methyl/N-ethyl adjacent to an activating group) is 1. The molecule has 0 saturated carbocycles. The summed E-state index contributed by atoms with van der Waals surface area (Å²) < 4.78 is 2.31. The van der Waals surface area contributed by atoms with E-state index in [1.165, 1.54) is 24.2 Å². The maximum Gasteiger partial charge on any atom is 0.0954 e. The lowest BCUT2D eigenvalue weighted by Gasteiger charge is -2.09. The predicted octanol–water partition coefficient (Wildman–Crippen LogP) is 1.71. The number of imidazole rings is 1. The molecular weight excluding hydrogens is 174 g/mol. The smallest absolute Gasteiger partial charge is 0.0954 e. The second kappa shape index (κ2) is 3.73. The van der Waals surface area contributed by atoms with Gasteiger partial charge in [-0.1, -0.05) is 0 Å². The van der Waals surface area contributed by atoms with Crippen LogP contribution in [0, 0.1) is 0 Å².